The summed E-state index contributed by atoms with van der Waals surface area (Å²) in [6.07, 6.45) is 1.39. The average Bonchev–Trinajstić information content (AvgIpc) is 2.81. The Morgan fingerprint density at radius 2 is 1.89 bits per heavy atom. The second-order valence-electron chi connectivity index (χ2n) is 3.59. The molecular formula is C12H11N3O3. The quantitative estimate of drug-likeness (QED) is 0.864. The number of carbonyl (C=O) groups excluding carboxylic acids is 2. The molecule has 2 N–H and O–H groups in total. The molecule has 2 amide bonds. The Kier molecular flexibility index (Phi) is 3.38. The van der Waals surface area contributed by atoms with Crippen LogP contribution in [0.4, 0.5) is 11.4 Å². The lowest BCUT2D eigenvalue weighted by Gasteiger charge is -2.06. The zero-order valence-electron chi connectivity index (χ0n) is 9.64. The van der Waals surface area contributed by atoms with Crippen LogP contribution in [0.2, 0.25) is 0 Å². The van der Waals surface area contributed by atoms with Crippen molar-refractivity contribution < 1.29 is 14.1 Å². The first-order valence-electron chi connectivity index (χ1n) is 5.25. The molecule has 0 bridgehead atoms. The number of anilines is 2. The van der Waals surface area contributed by atoms with Crippen LogP contribution in [0.3, 0.4) is 0 Å². The van der Waals surface area contributed by atoms with E-state index in [1.54, 1.807) is 24.3 Å². The molecule has 2 rings (SSSR count). The van der Waals surface area contributed by atoms with Crippen molar-refractivity contribution in [3.8, 4) is 0 Å². The summed E-state index contributed by atoms with van der Waals surface area (Å²) in [7, 11) is 0. The molecule has 1 aromatic heterocycles. The van der Waals surface area contributed by atoms with Crippen molar-refractivity contribution in [2.75, 3.05) is 10.6 Å². The van der Waals surface area contributed by atoms with E-state index in [1.807, 2.05) is 0 Å². The normalized spacial score (nSPS) is 9.83. The Morgan fingerprint density at radius 1 is 1.17 bits per heavy atom. The highest BCUT2D eigenvalue weighted by Gasteiger charge is 2.09. The van der Waals surface area contributed by atoms with E-state index in [9.17, 15) is 9.59 Å². The van der Waals surface area contributed by atoms with E-state index in [0.717, 1.165) is 0 Å². The minimum atomic E-state index is -0.396. The summed E-state index contributed by atoms with van der Waals surface area (Å²) in [5.41, 5.74) is 1.17. The Hall–Kier alpha value is -2.63. The molecule has 0 aliphatic carbocycles. The van der Waals surface area contributed by atoms with Crippen molar-refractivity contribution in [1.29, 1.82) is 0 Å². The van der Waals surface area contributed by atoms with Gasteiger partial charge < -0.3 is 15.2 Å². The molecule has 6 nitrogen and oxygen atoms in total. The van der Waals surface area contributed by atoms with Crippen LogP contribution in [0, 0.1) is 0 Å². The topological polar surface area (TPSA) is 84.2 Å². The third kappa shape index (κ3) is 2.94. The molecule has 0 aliphatic heterocycles. The van der Waals surface area contributed by atoms with Gasteiger partial charge in [0.25, 0.3) is 5.91 Å². The lowest BCUT2D eigenvalue weighted by Crippen LogP contribution is -2.11. The van der Waals surface area contributed by atoms with Crippen molar-refractivity contribution >= 4 is 23.2 Å². The van der Waals surface area contributed by atoms with Gasteiger partial charge in [-0.1, -0.05) is 11.2 Å². The van der Waals surface area contributed by atoms with Crippen molar-refractivity contribution in [2.45, 2.75) is 6.92 Å². The first kappa shape index (κ1) is 11.8. The van der Waals surface area contributed by atoms with Crippen molar-refractivity contribution in [3.05, 3.63) is 42.3 Å². The summed E-state index contributed by atoms with van der Waals surface area (Å²) in [4.78, 5) is 22.6. The largest absolute Gasteiger partial charge is 0.351 e. The lowest BCUT2D eigenvalue weighted by atomic mass is 10.2. The first-order valence-corrected chi connectivity index (χ1v) is 5.25. The number of benzene rings is 1. The molecular weight excluding hydrogens is 234 g/mol. The molecule has 92 valence electrons. The Bertz CT molecular complexity index is 564. The minimum absolute atomic E-state index is 0.125. The summed E-state index contributed by atoms with van der Waals surface area (Å²) in [6, 6.07) is 8.27. The predicted molar refractivity (Wildman–Crippen MR) is 65.2 cm³/mol. The molecule has 0 unspecified atom stereocenters. The Morgan fingerprint density at radius 3 is 2.50 bits per heavy atom. The monoisotopic (exact) mass is 245 g/mol. The minimum Gasteiger partial charge on any atom is -0.351 e. The smallest absolute Gasteiger partial charge is 0.294 e. The fourth-order valence-electron chi connectivity index (χ4n) is 1.40. The lowest BCUT2D eigenvalue weighted by molar-refractivity contribution is -0.114. The van der Waals surface area contributed by atoms with Gasteiger partial charge in [-0.3, -0.25) is 9.59 Å². The molecule has 0 radical (unpaired) electrons. The number of hydrogen-bond acceptors (Lipinski definition) is 4. The fourth-order valence-corrected chi connectivity index (χ4v) is 1.40. The molecule has 0 aliphatic rings. The van der Waals surface area contributed by atoms with E-state index in [0.29, 0.717) is 11.4 Å². The van der Waals surface area contributed by atoms with Gasteiger partial charge in [-0.25, -0.2) is 0 Å². The average molecular weight is 245 g/mol. The summed E-state index contributed by atoms with van der Waals surface area (Å²) in [5, 5.41) is 8.71. The summed E-state index contributed by atoms with van der Waals surface area (Å²) in [6.45, 7) is 1.42. The third-order valence-corrected chi connectivity index (χ3v) is 2.10. The van der Waals surface area contributed by atoms with Crippen LogP contribution in [-0.2, 0) is 4.79 Å². The van der Waals surface area contributed by atoms with Gasteiger partial charge in [-0.2, -0.15) is 0 Å². The maximum Gasteiger partial charge on any atom is 0.294 e. The number of nitrogens with one attached hydrogen (secondary N) is 2. The van der Waals surface area contributed by atoms with E-state index in [1.165, 1.54) is 19.2 Å². The fraction of sp³-hybridized carbons (Fsp3) is 0.0833. The summed E-state index contributed by atoms with van der Waals surface area (Å²) < 4.78 is 4.73. The molecule has 0 saturated heterocycles. The highest BCUT2D eigenvalue weighted by atomic mass is 16.5. The Balaban J connectivity index is 2.10. The molecule has 1 heterocycles. The molecule has 0 fully saturated rings. The predicted octanol–water partition coefficient (Wildman–Crippen LogP) is 1.89. The van der Waals surface area contributed by atoms with Crippen LogP contribution in [0.15, 0.2) is 41.1 Å². The van der Waals surface area contributed by atoms with Crippen LogP contribution in [0.5, 0.6) is 0 Å². The first-order chi connectivity index (χ1) is 8.65. The van der Waals surface area contributed by atoms with Gasteiger partial charge in [-0.05, 0) is 18.2 Å². The van der Waals surface area contributed by atoms with Crippen molar-refractivity contribution in [3.63, 3.8) is 0 Å². The highest BCUT2D eigenvalue weighted by Crippen LogP contribution is 2.15. The van der Waals surface area contributed by atoms with Gasteiger partial charge in [-0.15, -0.1) is 0 Å². The number of rotatable bonds is 3. The molecule has 0 saturated carbocycles. The molecule has 1 aromatic carbocycles. The SMILES string of the molecule is CC(=O)Nc1cccc(NC(=O)c2ccno2)c1. The molecule has 0 atom stereocenters. The second kappa shape index (κ2) is 5.13. The van der Waals surface area contributed by atoms with Crippen LogP contribution in [0.25, 0.3) is 0 Å². The van der Waals surface area contributed by atoms with Gasteiger partial charge in [0.1, 0.15) is 0 Å². The zero-order chi connectivity index (χ0) is 13.0. The maximum absolute atomic E-state index is 11.7. The maximum atomic E-state index is 11.7. The number of aromatic nitrogens is 1. The van der Waals surface area contributed by atoms with E-state index in [-0.39, 0.29) is 11.7 Å². The standard InChI is InChI=1S/C12H11N3O3/c1-8(16)14-9-3-2-4-10(7-9)15-12(17)11-5-6-13-18-11/h2-7H,1H3,(H,14,16)(H,15,17). The molecule has 0 spiro atoms. The van der Waals surface area contributed by atoms with Gasteiger partial charge in [0, 0.05) is 24.4 Å². The van der Waals surface area contributed by atoms with E-state index in [4.69, 9.17) is 4.52 Å². The number of hydrogen-bond donors (Lipinski definition) is 2. The van der Waals surface area contributed by atoms with Gasteiger partial charge in [0.15, 0.2) is 0 Å². The zero-order valence-corrected chi connectivity index (χ0v) is 9.64. The highest BCUT2D eigenvalue weighted by molar-refractivity contribution is 6.02. The van der Waals surface area contributed by atoms with Crippen LogP contribution < -0.4 is 10.6 Å². The van der Waals surface area contributed by atoms with Crippen LogP contribution in [0.1, 0.15) is 17.5 Å². The van der Waals surface area contributed by atoms with E-state index < -0.39 is 5.91 Å². The van der Waals surface area contributed by atoms with Crippen LogP contribution in [-0.4, -0.2) is 17.0 Å². The number of carbonyl (C=O) groups is 2. The van der Waals surface area contributed by atoms with Gasteiger partial charge in [0.05, 0.1) is 6.20 Å². The van der Waals surface area contributed by atoms with Gasteiger partial charge in [0.2, 0.25) is 11.7 Å². The summed E-state index contributed by atoms with van der Waals surface area (Å²) in [5.74, 6) is -0.443. The number of nitrogens with zero attached hydrogens (tertiary/aromatic N) is 1. The van der Waals surface area contributed by atoms with E-state index in [2.05, 4.69) is 15.8 Å². The second-order valence-corrected chi connectivity index (χ2v) is 3.59. The Labute approximate surface area is 103 Å². The molecule has 18 heavy (non-hydrogen) atoms. The molecule has 6 heteroatoms. The van der Waals surface area contributed by atoms with Crippen LogP contribution >= 0.6 is 0 Å². The van der Waals surface area contributed by atoms with Crippen molar-refractivity contribution in [2.24, 2.45) is 0 Å². The van der Waals surface area contributed by atoms with E-state index >= 15 is 0 Å². The molecule has 2 aromatic rings. The van der Waals surface area contributed by atoms with Crippen molar-refractivity contribution in [1.82, 2.24) is 5.16 Å². The van der Waals surface area contributed by atoms with Gasteiger partial charge >= 0.3 is 0 Å². The number of amides is 2. The summed E-state index contributed by atoms with van der Waals surface area (Å²) >= 11 is 0. The third-order valence-electron chi connectivity index (χ3n) is 2.10.